The third-order valence-electron chi connectivity index (χ3n) is 1.90. The average molecular weight is 280 g/mol. The summed E-state index contributed by atoms with van der Waals surface area (Å²) in [6.07, 6.45) is -5.97. The molecule has 0 aliphatic rings. The summed E-state index contributed by atoms with van der Waals surface area (Å²) < 4.78 is 39.8. The number of pyridine rings is 1. The van der Waals surface area contributed by atoms with Crippen LogP contribution in [0.2, 0.25) is 0 Å². The number of carbonyl (C=O) groups is 1. The van der Waals surface area contributed by atoms with Gasteiger partial charge in [0.2, 0.25) is 0 Å². The quantitative estimate of drug-likeness (QED) is 0.666. The normalized spacial score (nSPS) is 11.2. The standard InChI is InChI=1S/C9H7F3N2O5/c1-4-2-5(3-6(15)16)7(14(17)18)8(13-4)19-9(10,11)12/h2H,3H2,1H3,(H,15,16). The number of alkyl halides is 3. The van der Waals surface area contributed by atoms with E-state index >= 15 is 0 Å². The molecule has 1 heterocycles. The first-order valence-electron chi connectivity index (χ1n) is 4.72. The fraction of sp³-hybridized carbons (Fsp3) is 0.333. The van der Waals surface area contributed by atoms with Gasteiger partial charge >= 0.3 is 23.9 Å². The molecule has 0 fully saturated rings. The zero-order valence-corrected chi connectivity index (χ0v) is 9.39. The third-order valence-corrected chi connectivity index (χ3v) is 1.90. The van der Waals surface area contributed by atoms with Crippen molar-refractivity contribution in [2.45, 2.75) is 19.7 Å². The predicted molar refractivity (Wildman–Crippen MR) is 53.7 cm³/mol. The van der Waals surface area contributed by atoms with Crippen molar-refractivity contribution < 1.29 is 32.7 Å². The molecule has 10 heteroatoms. The maximum atomic E-state index is 12.1. The fourth-order valence-corrected chi connectivity index (χ4v) is 1.38. The van der Waals surface area contributed by atoms with E-state index in [9.17, 15) is 28.1 Å². The van der Waals surface area contributed by atoms with E-state index in [1.165, 1.54) is 6.92 Å². The van der Waals surface area contributed by atoms with Crippen molar-refractivity contribution in [2.24, 2.45) is 0 Å². The number of ether oxygens (including phenoxy) is 1. The number of carboxylic acid groups (broad SMARTS) is 1. The minimum atomic E-state index is -5.16. The highest BCUT2D eigenvalue weighted by Crippen LogP contribution is 2.33. The molecule has 0 aliphatic heterocycles. The summed E-state index contributed by atoms with van der Waals surface area (Å²) in [6, 6.07) is 1.02. The largest absolute Gasteiger partial charge is 0.574 e. The second kappa shape index (κ2) is 5.08. The molecule has 1 aromatic rings. The number of rotatable bonds is 4. The van der Waals surface area contributed by atoms with Gasteiger partial charge in [-0.05, 0) is 13.0 Å². The van der Waals surface area contributed by atoms with Gasteiger partial charge in [-0.1, -0.05) is 0 Å². The van der Waals surface area contributed by atoms with Crippen molar-refractivity contribution in [3.8, 4) is 5.88 Å². The molecule has 1 N–H and O–H groups in total. The zero-order chi connectivity index (χ0) is 14.8. The Kier molecular flexibility index (Phi) is 3.92. The summed E-state index contributed by atoms with van der Waals surface area (Å²) in [6.45, 7) is 1.26. The molecule has 0 saturated carbocycles. The van der Waals surface area contributed by atoms with Crippen LogP contribution in [0.4, 0.5) is 18.9 Å². The van der Waals surface area contributed by atoms with Gasteiger partial charge in [-0.15, -0.1) is 13.2 Å². The summed E-state index contributed by atoms with van der Waals surface area (Å²) in [7, 11) is 0. The maximum absolute atomic E-state index is 12.1. The number of aliphatic carboxylic acids is 1. The van der Waals surface area contributed by atoms with Crippen molar-refractivity contribution in [3.63, 3.8) is 0 Å². The van der Waals surface area contributed by atoms with Gasteiger partial charge in [-0.2, -0.15) is 0 Å². The Bertz CT molecular complexity index is 529. The van der Waals surface area contributed by atoms with Crippen LogP contribution >= 0.6 is 0 Å². The Balaban J connectivity index is 3.39. The van der Waals surface area contributed by atoms with E-state index < -0.39 is 40.8 Å². The summed E-state index contributed by atoms with van der Waals surface area (Å²) in [4.78, 5) is 23.4. The van der Waals surface area contributed by atoms with Gasteiger partial charge < -0.3 is 9.84 Å². The Morgan fingerprint density at radius 3 is 2.58 bits per heavy atom. The van der Waals surface area contributed by atoms with Crippen molar-refractivity contribution in [1.82, 2.24) is 4.98 Å². The Morgan fingerprint density at radius 1 is 1.58 bits per heavy atom. The summed E-state index contributed by atoms with van der Waals surface area (Å²) in [5, 5.41) is 19.3. The minimum Gasteiger partial charge on any atom is -0.481 e. The van der Waals surface area contributed by atoms with Crippen LogP contribution < -0.4 is 4.74 Å². The van der Waals surface area contributed by atoms with E-state index in [1.807, 2.05) is 0 Å². The van der Waals surface area contributed by atoms with Crippen molar-refractivity contribution in [2.75, 3.05) is 0 Å². The molecule has 0 bridgehead atoms. The van der Waals surface area contributed by atoms with E-state index in [1.54, 1.807) is 0 Å². The Morgan fingerprint density at radius 2 is 2.16 bits per heavy atom. The van der Waals surface area contributed by atoms with E-state index in [4.69, 9.17) is 5.11 Å². The summed E-state index contributed by atoms with van der Waals surface area (Å²) in [5.74, 6) is -2.69. The number of carboxylic acids is 1. The Labute approximate surface area is 103 Å². The molecule has 104 valence electrons. The van der Waals surface area contributed by atoms with E-state index in [0.717, 1.165) is 6.07 Å². The second-order valence-corrected chi connectivity index (χ2v) is 3.45. The maximum Gasteiger partial charge on any atom is 0.574 e. The van der Waals surface area contributed by atoms with Crippen molar-refractivity contribution >= 4 is 11.7 Å². The van der Waals surface area contributed by atoms with Crippen LogP contribution in [0, 0.1) is 17.0 Å². The first kappa shape index (κ1) is 14.7. The molecule has 0 aromatic carbocycles. The number of aryl methyl sites for hydroxylation is 1. The first-order valence-corrected chi connectivity index (χ1v) is 4.72. The monoisotopic (exact) mass is 280 g/mol. The SMILES string of the molecule is Cc1cc(CC(=O)O)c([N+](=O)[O-])c(OC(F)(F)F)n1. The van der Waals surface area contributed by atoms with Crippen LogP contribution in [0.15, 0.2) is 6.07 Å². The lowest BCUT2D eigenvalue weighted by molar-refractivity contribution is -0.389. The van der Waals surface area contributed by atoms with Gasteiger partial charge in [0.1, 0.15) is 0 Å². The lowest BCUT2D eigenvalue weighted by atomic mass is 10.1. The van der Waals surface area contributed by atoms with E-state index in [-0.39, 0.29) is 5.69 Å². The van der Waals surface area contributed by atoms with Gasteiger partial charge in [0, 0.05) is 11.3 Å². The zero-order valence-electron chi connectivity index (χ0n) is 9.39. The summed E-state index contributed by atoms with van der Waals surface area (Å²) in [5.41, 5.74) is -1.55. The highest BCUT2D eigenvalue weighted by atomic mass is 19.4. The van der Waals surface area contributed by atoms with Crippen LogP contribution in [0.3, 0.4) is 0 Å². The first-order chi connectivity index (χ1) is 8.60. The third kappa shape index (κ3) is 4.08. The van der Waals surface area contributed by atoms with Gasteiger partial charge in [-0.25, -0.2) is 4.98 Å². The lowest BCUT2D eigenvalue weighted by Crippen LogP contribution is -2.20. The smallest absolute Gasteiger partial charge is 0.481 e. The lowest BCUT2D eigenvalue weighted by Gasteiger charge is -2.10. The topological polar surface area (TPSA) is 103 Å². The fourth-order valence-electron chi connectivity index (χ4n) is 1.38. The molecule has 0 radical (unpaired) electrons. The molecule has 1 rings (SSSR count). The van der Waals surface area contributed by atoms with E-state index in [0.29, 0.717) is 0 Å². The number of hydrogen-bond donors (Lipinski definition) is 1. The summed E-state index contributed by atoms with van der Waals surface area (Å²) >= 11 is 0. The Hall–Kier alpha value is -2.39. The van der Waals surface area contributed by atoms with Crippen LogP contribution in [-0.2, 0) is 11.2 Å². The molecule has 1 aromatic heterocycles. The molecular weight excluding hydrogens is 273 g/mol. The van der Waals surface area contributed by atoms with Gasteiger partial charge in [-0.3, -0.25) is 14.9 Å². The van der Waals surface area contributed by atoms with Gasteiger partial charge in [0.15, 0.2) is 0 Å². The predicted octanol–water partition coefficient (Wildman–Crippen LogP) is 1.82. The number of halogens is 3. The number of aromatic nitrogens is 1. The molecule has 7 nitrogen and oxygen atoms in total. The van der Waals surface area contributed by atoms with Crippen LogP contribution in [-0.4, -0.2) is 27.3 Å². The number of nitrogens with zero attached hydrogens (tertiary/aromatic N) is 2. The molecule has 0 amide bonds. The molecule has 0 atom stereocenters. The molecule has 0 aliphatic carbocycles. The van der Waals surface area contributed by atoms with Crippen LogP contribution in [0.25, 0.3) is 0 Å². The van der Waals surface area contributed by atoms with Crippen LogP contribution in [0.5, 0.6) is 5.88 Å². The molecule has 19 heavy (non-hydrogen) atoms. The molecule has 0 unspecified atom stereocenters. The van der Waals surface area contributed by atoms with Crippen LogP contribution in [0.1, 0.15) is 11.3 Å². The van der Waals surface area contributed by atoms with E-state index in [2.05, 4.69) is 9.72 Å². The molecule has 0 saturated heterocycles. The van der Waals surface area contributed by atoms with Crippen molar-refractivity contribution in [3.05, 3.63) is 27.4 Å². The number of nitro groups is 1. The highest BCUT2D eigenvalue weighted by Gasteiger charge is 2.37. The second-order valence-electron chi connectivity index (χ2n) is 3.45. The minimum absolute atomic E-state index is 0.0268. The highest BCUT2D eigenvalue weighted by molar-refractivity contribution is 5.73. The van der Waals surface area contributed by atoms with Gasteiger partial charge in [0.25, 0.3) is 0 Å². The van der Waals surface area contributed by atoms with Gasteiger partial charge in [0.05, 0.1) is 11.3 Å². The molecular formula is C9H7F3N2O5. The van der Waals surface area contributed by atoms with Crippen molar-refractivity contribution in [1.29, 1.82) is 0 Å². The number of hydrogen-bond acceptors (Lipinski definition) is 5. The molecule has 0 spiro atoms. The average Bonchev–Trinajstić information content (AvgIpc) is 2.10.